The highest BCUT2D eigenvalue weighted by molar-refractivity contribution is 5.89. The van der Waals surface area contributed by atoms with E-state index in [0.29, 0.717) is 11.6 Å². The number of phenols is 2. The van der Waals surface area contributed by atoms with Crippen molar-refractivity contribution in [1.29, 1.82) is 0 Å². The number of rotatable bonds is 11. The number of phenolic OH excluding ortho intramolecular Hbond substituents is 2. The molecule has 6 nitrogen and oxygen atoms in total. The van der Waals surface area contributed by atoms with Crippen molar-refractivity contribution < 1.29 is 19.7 Å². The van der Waals surface area contributed by atoms with Gasteiger partial charge in [0.2, 0.25) is 0 Å². The third-order valence-corrected chi connectivity index (χ3v) is 6.34. The molecule has 2 aromatic rings. The highest BCUT2D eigenvalue weighted by atomic mass is 35.5. The van der Waals surface area contributed by atoms with E-state index in [9.17, 15) is 15.0 Å². The summed E-state index contributed by atoms with van der Waals surface area (Å²) in [6.45, 7) is 4.03. The molecule has 1 aliphatic carbocycles. The van der Waals surface area contributed by atoms with E-state index in [1.807, 2.05) is 30.3 Å². The molecule has 0 amide bonds. The SMILES string of the molecule is CCCCCCN(NCCc1ccc(C(=O)OC)cc1)C1CCc2c(ccc(O)c2O)C1.Cl.Cl. The van der Waals surface area contributed by atoms with Crippen LogP contribution >= 0.6 is 24.8 Å². The molecule has 1 atom stereocenters. The second-order valence-electron chi connectivity index (χ2n) is 8.57. The summed E-state index contributed by atoms with van der Waals surface area (Å²) in [6, 6.07) is 11.5. The van der Waals surface area contributed by atoms with Crippen LogP contribution in [0, 0.1) is 0 Å². The maximum Gasteiger partial charge on any atom is 0.337 e. The Bertz CT molecular complexity index is 893. The highest BCUT2D eigenvalue weighted by Crippen LogP contribution is 2.36. The smallest absolute Gasteiger partial charge is 0.337 e. The van der Waals surface area contributed by atoms with E-state index >= 15 is 0 Å². The topological polar surface area (TPSA) is 82.0 Å². The number of methoxy groups -OCH3 is 1. The number of hydrogen-bond donors (Lipinski definition) is 3. The molecule has 0 spiro atoms. The molecule has 0 saturated heterocycles. The first-order valence-electron chi connectivity index (χ1n) is 11.7. The molecule has 2 aromatic carbocycles. The average molecular weight is 514 g/mol. The van der Waals surface area contributed by atoms with E-state index in [1.165, 1.54) is 31.9 Å². The lowest BCUT2D eigenvalue weighted by atomic mass is 9.87. The molecule has 0 saturated carbocycles. The van der Waals surface area contributed by atoms with Crippen molar-refractivity contribution in [1.82, 2.24) is 10.4 Å². The van der Waals surface area contributed by atoms with Crippen LogP contribution in [0.2, 0.25) is 0 Å². The summed E-state index contributed by atoms with van der Waals surface area (Å²) in [7, 11) is 1.39. The average Bonchev–Trinajstić information content (AvgIpc) is 2.82. The maximum atomic E-state index is 11.6. The normalized spacial score (nSPS) is 14.6. The summed E-state index contributed by atoms with van der Waals surface area (Å²) in [4.78, 5) is 11.6. The Labute approximate surface area is 215 Å². The Hall–Kier alpha value is -1.99. The van der Waals surface area contributed by atoms with Crippen LogP contribution in [0.4, 0.5) is 0 Å². The van der Waals surface area contributed by atoms with Gasteiger partial charge < -0.3 is 14.9 Å². The minimum atomic E-state index is -0.315. The summed E-state index contributed by atoms with van der Waals surface area (Å²) in [5.41, 5.74) is 7.40. The Balaban J connectivity index is 0.00000289. The number of nitrogens with zero attached hydrogens (tertiary/aromatic N) is 1. The number of carbonyl (C=O) groups is 1. The Morgan fingerprint density at radius 1 is 1.09 bits per heavy atom. The number of benzene rings is 2. The lowest BCUT2D eigenvalue weighted by Crippen LogP contribution is -2.49. The van der Waals surface area contributed by atoms with E-state index in [0.717, 1.165) is 56.3 Å². The molecule has 3 N–H and O–H groups in total. The standard InChI is InChI=1S/C26H36N2O4.2ClH/c1-3-4-5-6-17-28(22-12-13-23-21(18-22)11-14-24(29)25(23)30)27-16-15-19-7-9-20(10-8-19)26(31)32-2;;/h7-11,14,22,27,29-30H,3-6,12-13,15-18H2,1-2H3;2*1H. The van der Waals surface area contributed by atoms with Gasteiger partial charge in [-0.05, 0) is 61.4 Å². The number of halogens is 2. The van der Waals surface area contributed by atoms with Crippen molar-refractivity contribution in [3.8, 4) is 11.5 Å². The molecule has 0 fully saturated rings. The monoisotopic (exact) mass is 512 g/mol. The van der Waals surface area contributed by atoms with Crippen molar-refractivity contribution in [2.45, 2.75) is 64.3 Å². The fraction of sp³-hybridized carbons (Fsp3) is 0.500. The number of fused-ring (bicyclic) bond motifs is 1. The molecule has 1 aliphatic rings. The summed E-state index contributed by atoms with van der Waals surface area (Å²) >= 11 is 0. The van der Waals surface area contributed by atoms with E-state index in [2.05, 4.69) is 17.4 Å². The first-order chi connectivity index (χ1) is 15.5. The molecule has 34 heavy (non-hydrogen) atoms. The predicted octanol–water partition coefficient (Wildman–Crippen LogP) is 5.21. The highest BCUT2D eigenvalue weighted by Gasteiger charge is 2.26. The summed E-state index contributed by atoms with van der Waals surface area (Å²) < 4.78 is 4.76. The first kappa shape index (κ1) is 30.0. The van der Waals surface area contributed by atoms with Crippen molar-refractivity contribution in [3.05, 3.63) is 58.7 Å². The van der Waals surface area contributed by atoms with Gasteiger partial charge in [-0.15, -0.1) is 24.8 Å². The number of unbranched alkanes of at least 4 members (excludes halogenated alkanes) is 3. The zero-order chi connectivity index (χ0) is 22.9. The van der Waals surface area contributed by atoms with Crippen molar-refractivity contribution in [2.24, 2.45) is 0 Å². The Morgan fingerprint density at radius 3 is 2.50 bits per heavy atom. The summed E-state index contributed by atoms with van der Waals surface area (Å²) in [5, 5.41) is 22.4. The fourth-order valence-corrected chi connectivity index (χ4v) is 4.44. The molecule has 3 rings (SSSR count). The second-order valence-corrected chi connectivity index (χ2v) is 8.57. The van der Waals surface area contributed by atoms with Gasteiger partial charge in [0.1, 0.15) is 0 Å². The molecule has 0 heterocycles. The predicted molar refractivity (Wildman–Crippen MR) is 140 cm³/mol. The largest absolute Gasteiger partial charge is 0.504 e. The number of aromatic hydroxyl groups is 2. The van der Waals surface area contributed by atoms with Gasteiger partial charge in [-0.3, -0.25) is 5.43 Å². The van der Waals surface area contributed by atoms with Gasteiger partial charge in [0.25, 0.3) is 0 Å². The van der Waals surface area contributed by atoms with Gasteiger partial charge in [-0.2, -0.15) is 0 Å². The van der Waals surface area contributed by atoms with E-state index < -0.39 is 0 Å². The zero-order valence-electron chi connectivity index (χ0n) is 20.1. The van der Waals surface area contributed by atoms with Crippen LogP contribution in [0.25, 0.3) is 0 Å². The van der Waals surface area contributed by atoms with Gasteiger partial charge in [0, 0.05) is 24.7 Å². The molecule has 0 radical (unpaired) electrons. The van der Waals surface area contributed by atoms with E-state index in [4.69, 9.17) is 4.74 Å². The van der Waals surface area contributed by atoms with Crippen LogP contribution in [0.1, 0.15) is 66.1 Å². The first-order valence-corrected chi connectivity index (χ1v) is 11.7. The molecule has 1 unspecified atom stereocenters. The molecule has 8 heteroatoms. The number of hydrogen-bond acceptors (Lipinski definition) is 6. The van der Waals surface area contributed by atoms with Crippen LogP contribution in [0.5, 0.6) is 11.5 Å². The minimum absolute atomic E-state index is 0. The third kappa shape index (κ3) is 8.05. The van der Waals surface area contributed by atoms with E-state index in [1.54, 1.807) is 6.07 Å². The van der Waals surface area contributed by atoms with Crippen molar-refractivity contribution in [2.75, 3.05) is 20.2 Å². The van der Waals surface area contributed by atoms with Crippen LogP contribution in [-0.4, -0.2) is 47.4 Å². The number of hydrazine groups is 1. The van der Waals surface area contributed by atoms with Gasteiger partial charge in [0.15, 0.2) is 11.5 Å². The molecule has 190 valence electrons. The van der Waals surface area contributed by atoms with Crippen LogP contribution in [0.3, 0.4) is 0 Å². The summed E-state index contributed by atoms with van der Waals surface area (Å²) in [5.74, 6) is -0.307. The minimum Gasteiger partial charge on any atom is -0.504 e. The lowest BCUT2D eigenvalue weighted by Gasteiger charge is -2.36. The second kappa shape index (κ2) is 15.1. The van der Waals surface area contributed by atoms with Crippen molar-refractivity contribution in [3.63, 3.8) is 0 Å². The molecule has 0 aliphatic heterocycles. The zero-order valence-corrected chi connectivity index (χ0v) is 21.7. The molecule has 0 bridgehead atoms. The third-order valence-electron chi connectivity index (χ3n) is 6.34. The number of ether oxygens (including phenoxy) is 1. The van der Waals surface area contributed by atoms with Gasteiger partial charge >= 0.3 is 5.97 Å². The summed E-state index contributed by atoms with van der Waals surface area (Å²) in [6.07, 6.45) is 8.28. The quantitative estimate of drug-likeness (QED) is 0.166. The number of nitrogens with one attached hydrogen (secondary N) is 1. The van der Waals surface area contributed by atoms with Gasteiger partial charge in [0.05, 0.1) is 12.7 Å². The van der Waals surface area contributed by atoms with Gasteiger partial charge in [-0.1, -0.05) is 44.4 Å². The van der Waals surface area contributed by atoms with Crippen LogP contribution in [-0.2, 0) is 24.0 Å². The van der Waals surface area contributed by atoms with Crippen LogP contribution in [0.15, 0.2) is 36.4 Å². The molecule has 0 aromatic heterocycles. The molecular formula is C26H38Cl2N2O4. The lowest BCUT2D eigenvalue weighted by molar-refractivity contribution is 0.0600. The van der Waals surface area contributed by atoms with Crippen molar-refractivity contribution >= 4 is 30.8 Å². The maximum absolute atomic E-state index is 11.6. The fourth-order valence-electron chi connectivity index (χ4n) is 4.44. The van der Waals surface area contributed by atoms with Crippen LogP contribution < -0.4 is 5.43 Å². The Morgan fingerprint density at radius 2 is 1.82 bits per heavy atom. The number of carbonyl (C=O) groups excluding carboxylic acids is 1. The van der Waals surface area contributed by atoms with E-state index in [-0.39, 0.29) is 42.3 Å². The van der Waals surface area contributed by atoms with Gasteiger partial charge in [-0.25, -0.2) is 9.80 Å². The molecular weight excluding hydrogens is 475 g/mol. The Kier molecular flexibility index (Phi) is 13.3. The number of esters is 1.